The zero-order chi connectivity index (χ0) is 17.4. The van der Waals surface area contributed by atoms with E-state index >= 15 is 0 Å². The molecule has 25 heavy (non-hydrogen) atoms. The van der Waals surface area contributed by atoms with Gasteiger partial charge in [0.15, 0.2) is 11.5 Å². The molecule has 2 aromatic heterocycles. The number of para-hydroxylation sites is 1. The summed E-state index contributed by atoms with van der Waals surface area (Å²) < 4.78 is 11.7. The van der Waals surface area contributed by atoms with Crippen molar-refractivity contribution in [3.8, 4) is 0 Å². The minimum Gasteiger partial charge on any atom is -0.459 e. The highest BCUT2D eigenvalue weighted by atomic mass is 79.9. The Bertz CT molecular complexity index is 924. The fourth-order valence-electron chi connectivity index (χ4n) is 2.96. The van der Waals surface area contributed by atoms with E-state index in [-0.39, 0.29) is 11.8 Å². The monoisotopic (exact) mass is 402 g/mol. The first-order valence-electron chi connectivity index (χ1n) is 7.93. The topological polar surface area (TPSA) is 66.9 Å². The van der Waals surface area contributed by atoms with Gasteiger partial charge < -0.3 is 18.6 Å². The molecule has 0 bridgehead atoms. The number of amides is 2. The van der Waals surface area contributed by atoms with Crippen LogP contribution in [0.5, 0.6) is 0 Å². The molecule has 0 spiro atoms. The van der Waals surface area contributed by atoms with Gasteiger partial charge in [-0.15, -0.1) is 0 Å². The second-order valence-corrected chi connectivity index (χ2v) is 6.68. The maximum absolute atomic E-state index is 12.7. The molecule has 1 fully saturated rings. The van der Waals surface area contributed by atoms with Gasteiger partial charge >= 0.3 is 0 Å². The molecule has 0 atom stereocenters. The van der Waals surface area contributed by atoms with Gasteiger partial charge in [-0.3, -0.25) is 9.59 Å². The third-order valence-electron chi connectivity index (χ3n) is 4.29. The van der Waals surface area contributed by atoms with Crippen molar-refractivity contribution in [2.45, 2.75) is 0 Å². The van der Waals surface area contributed by atoms with Crippen molar-refractivity contribution in [2.24, 2.45) is 0 Å². The predicted octanol–water partition coefficient (Wildman–Crippen LogP) is 3.39. The molecule has 2 amide bonds. The second-order valence-electron chi connectivity index (χ2n) is 5.83. The van der Waals surface area contributed by atoms with Crippen LogP contribution in [-0.2, 0) is 0 Å². The van der Waals surface area contributed by atoms with E-state index in [9.17, 15) is 9.59 Å². The number of hydrogen-bond acceptors (Lipinski definition) is 4. The smallest absolute Gasteiger partial charge is 0.289 e. The zero-order valence-corrected chi connectivity index (χ0v) is 14.9. The highest BCUT2D eigenvalue weighted by Crippen LogP contribution is 2.27. The molecule has 3 aromatic rings. The first-order valence-corrected chi connectivity index (χ1v) is 8.73. The average Bonchev–Trinajstić information content (AvgIpc) is 3.31. The number of fused-ring (bicyclic) bond motifs is 1. The summed E-state index contributed by atoms with van der Waals surface area (Å²) in [5.74, 6) is 0.326. The first kappa shape index (κ1) is 16.0. The van der Waals surface area contributed by atoms with Gasteiger partial charge in [0.1, 0.15) is 5.58 Å². The van der Waals surface area contributed by atoms with E-state index in [1.165, 1.54) is 6.26 Å². The molecule has 3 heterocycles. The summed E-state index contributed by atoms with van der Waals surface area (Å²) in [6.45, 7) is 1.86. The first-order chi connectivity index (χ1) is 12.1. The Morgan fingerprint density at radius 1 is 0.920 bits per heavy atom. The van der Waals surface area contributed by atoms with Crippen LogP contribution in [0.2, 0.25) is 0 Å². The second kappa shape index (κ2) is 6.40. The van der Waals surface area contributed by atoms with Gasteiger partial charge in [0.05, 0.1) is 10.7 Å². The zero-order valence-electron chi connectivity index (χ0n) is 13.3. The van der Waals surface area contributed by atoms with Gasteiger partial charge in [-0.25, -0.2) is 0 Å². The van der Waals surface area contributed by atoms with E-state index < -0.39 is 0 Å². The Labute approximate surface area is 152 Å². The van der Waals surface area contributed by atoms with Crippen LogP contribution in [0.4, 0.5) is 0 Å². The minimum absolute atomic E-state index is 0.148. The van der Waals surface area contributed by atoms with Crippen LogP contribution in [0, 0.1) is 0 Å². The van der Waals surface area contributed by atoms with Crippen molar-refractivity contribution in [3.63, 3.8) is 0 Å². The van der Waals surface area contributed by atoms with Crippen LogP contribution in [0.1, 0.15) is 21.1 Å². The van der Waals surface area contributed by atoms with E-state index in [1.807, 2.05) is 18.2 Å². The molecule has 128 valence electrons. The number of benzene rings is 1. The molecule has 0 unspecified atom stereocenters. The van der Waals surface area contributed by atoms with Gasteiger partial charge in [-0.2, -0.15) is 0 Å². The third kappa shape index (κ3) is 2.95. The van der Waals surface area contributed by atoms with Crippen molar-refractivity contribution >= 4 is 38.7 Å². The Balaban J connectivity index is 1.45. The molecular weight excluding hydrogens is 388 g/mol. The fourth-order valence-corrected chi connectivity index (χ4v) is 3.42. The summed E-state index contributed by atoms with van der Waals surface area (Å²) in [6.07, 6.45) is 1.48. The number of hydrogen-bond donors (Lipinski definition) is 0. The van der Waals surface area contributed by atoms with Crippen LogP contribution in [-0.4, -0.2) is 47.8 Å². The molecule has 1 aromatic carbocycles. The van der Waals surface area contributed by atoms with Gasteiger partial charge in [0.25, 0.3) is 11.8 Å². The van der Waals surface area contributed by atoms with Gasteiger partial charge in [-0.05, 0) is 40.2 Å². The molecule has 1 aliphatic rings. The Hall–Kier alpha value is -2.54. The van der Waals surface area contributed by atoms with Crippen molar-refractivity contribution in [2.75, 3.05) is 26.2 Å². The molecule has 1 saturated heterocycles. The van der Waals surface area contributed by atoms with Crippen LogP contribution in [0.15, 0.2) is 56.0 Å². The Morgan fingerprint density at radius 3 is 2.20 bits per heavy atom. The highest BCUT2D eigenvalue weighted by molar-refractivity contribution is 9.10. The maximum Gasteiger partial charge on any atom is 0.289 e. The number of rotatable bonds is 2. The molecule has 7 heteroatoms. The maximum atomic E-state index is 12.7. The van der Waals surface area contributed by atoms with E-state index in [0.29, 0.717) is 43.3 Å². The van der Waals surface area contributed by atoms with E-state index in [4.69, 9.17) is 8.83 Å². The summed E-state index contributed by atoms with van der Waals surface area (Å²) in [5, 5.41) is 0.879. The minimum atomic E-state index is -0.159. The molecule has 0 aliphatic carbocycles. The standard InChI is InChI=1S/C18H15BrN2O4/c19-13-4-1-3-12-11-15(25-16(12)13)18(23)21-8-6-20(7-9-21)17(22)14-5-2-10-24-14/h1-5,10-11H,6-9H2. The molecule has 0 saturated carbocycles. The molecular formula is C18H15BrN2O4. The van der Waals surface area contributed by atoms with E-state index in [0.717, 1.165) is 9.86 Å². The van der Waals surface area contributed by atoms with Crippen molar-refractivity contribution in [1.82, 2.24) is 9.80 Å². The van der Waals surface area contributed by atoms with Gasteiger partial charge in [0.2, 0.25) is 0 Å². The molecule has 0 N–H and O–H groups in total. The lowest BCUT2D eigenvalue weighted by Gasteiger charge is -2.33. The highest BCUT2D eigenvalue weighted by Gasteiger charge is 2.28. The van der Waals surface area contributed by atoms with Crippen LogP contribution < -0.4 is 0 Å². The van der Waals surface area contributed by atoms with Gasteiger partial charge in [0, 0.05) is 31.6 Å². The predicted molar refractivity (Wildman–Crippen MR) is 94.4 cm³/mol. The number of carbonyl (C=O) groups is 2. The van der Waals surface area contributed by atoms with Crippen LogP contribution >= 0.6 is 15.9 Å². The summed E-state index contributed by atoms with van der Waals surface area (Å²) in [7, 11) is 0. The fraction of sp³-hybridized carbons (Fsp3) is 0.222. The summed E-state index contributed by atoms with van der Waals surface area (Å²) in [5.41, 5.74) is 0.664. The number of furan rings is 2. The van der Waals surface area contributed by atoms with E-state index in [2.05, 4.69) is 15.9 Å². The summed E-state index contributed by atoms with van der Waals surface area (Å²) >= 11 is 3.43. The van der Waals surface area contributed by atoms with Crippen molar-refractivity contribution in [3.05, 3.63) is 58.7 Å². The third-order valence-corrected chi connectivity index (χ3v) is 4.92. The largest absolute Gasteiger partial charge is 0.459 e. The van der Waals surface area contributed by atoms with Crippen molar-refractivity contribution < 1.29 is 18.4 Å². The van der Waals surface area contributed by atoms with Crippen molar-refractivity contribution in [1.29, 1.82) is 0 Å². The van der Waals surface area contributed by atoms with Gasteiger partial charge in [-0.1, -0.05) is 12.1 Å². The average molecular weight is 403 g/mol. The molecule has 1 aliphatic heterocycles. The SMILES string of the molecule is O=C(c1ccco1)N1CCN(C(=O)c2cc3cccc(Br)c3o2)CC1. The summed E-state index contributed by atoms with van der Waals surface area (Å²) in [4.78, 5) is 28.3. The molecule has 4 rings (SSSR count). The molecule has 0 radical (unpaired) electrons. The van der Waals surface area contributed by atoms with Crippen LogP contribution in [0.25, 0.3) is 11.0 Å². The van der Waals surface area contributed by atoms with Crippen LogP contribution in [0.3, 0.4) is 0 Å². The number of halogens is 1. The molecule has 6 nitrogen and oxygen atoms in total. The summed E-state index contributed by atoms with van der Waals surface area (Å²) in [6, 6.07) is 10.8. The lowest BCUT2D eigenvalue weighted by atomic mass is 10.2. The Kier molecular flexibility index (Phi) is 4.09. The normalized spacial score (nSPS) is 14.9. The number of carbonyl (C=O) groups excluding carboxylic acids is 2. The number of nitrogens with zero attached hydrogens (tertiary/aromatic N) is 2. The Morgan fingerprint density at radius 2 is 1.60 bits per heavy atom. The quantitative estimate of drug-likeness (QED) is 0.658. The van der Waals surface area contributed by atoms with E-state index in [1.54, 1.807) is 28.0 Å². The lowest BCUT2D eigenvalue weighted by Crippen LogP contribution is -2.50. The number of piperazine rings is 1. The lowest BCUT2D eigenvalue weighted by molar-refractivity contribution is 0.0503.